The fourth-order valence-electron chi connectivity index (χ4n) is 1.49. The standard InChI is InChI=1S/C12H18.C4H8.2C2H6/c1-4-5-6-12-8-7-10(2)9-11(12)3;1-4(2)3;2*1-2/h7-9H,4-6H2,1-3H3;1H2,2-3H3;2*1-2H3. The predicted octanol–water partition coefficient (Wildman–Crippen LogP) is 7.28. The zero-order valence-electron chi connectivity index (χ0n) is 15.6. The Labute approximate surface area is 129 Å². The van der Waals surface area contributed by atoms with Crippen LogP contribution in [0, 0.1) is 13.8 Å². The van der Waals surface area contributed by atoms with Gasteiger partial charge in [-0.2, -0.15) is 0 Å². The first kappa shape index (κ1) is 24.0. The Bertz CT molecular complexity index is 317. The van der Waals surface area contributed by atoms with Crippen molar-refractivity contribution >= 4 is 0 Å². The summed E-state index contributed by atoms with van der Waals surface area (Å²) in [6.07, 6.45) is 3.83. The van der Waals surface area contributed by atoms with Crippen LogP contribution in [0.5, 0.6) is 0 Å². The molecule has 1 aromatic carbocycles. The highest BCUT2D eigenvalue weighted by Crippen LogP contribution is 2.12. The van der Waals surface area contributed by atoms with Gasteiger partial charge in [0.05, 0.1) is 0 Å². The van der Waals surface area contributed by atoms with Gasteiger partial charge in [0.2, 0.25) is 0 Å². The lowest BCUT2D eigenvalue weighted by molar-refractivity contribution is 0.791. The highest BCUT2D eigenvalue weighted by molar-refractivity contribution is 5.30. The lowest BCUT2D eigenvalue weighted by atomic mass is 10.0. The fraction of sp³-hybridized carbons (Fsp3) is 0.600. The van der Waals surface area contributed by atoms with E-state index in [-0.39, 0.29) is 0 Å². The lowest BCUT2D eigenvalue weighted by Gasteiger charge is -2.05. The molecule has 0 saturated carbocycles. The van der Waals surface area contributed by atoms with E-state index in [1.807, 2.05) is 41.5 Å². The first-order valence-corrected chi connectivity index (χ1v) is 8.15. The van der Waals surface area contributed by atoms with Crippen LogP contribution in [-0.2, 0) is 6.42 Å². The van der Waals surface area contributed by atoms with Crippen LogP contribution in [0.15, 0.2) is 30.4 Å². The van der Waals surface area contributed by atoms with Crippen LogP contribution in [0.1, 0.15) is 78.0 Å². The molecule has 0 bridgehead atoms. The summed E-state index contributed by atoms with van der Waals surface area (Å²) in [7, 11) is 0. The van der Waals surface area contributed by atoms with E-state index in [0.29, 0.717) is 0 Å². The van der Waals surface area contributed by atoms with Crippen molar-refractivity contribution in [3.05, 3.63) is 47.0 Å². The second-order valence-electron chi connectivity index (χ2n) is 4.74. The Morgan fingerprint density at radius 3 is 1.80 bits per heavy atom. The van der Waals surface area contributed by atoms with Gasteiger partial charge in [-0.3, -0.25) is 0 Å². The van der Waals surface area contributed by atoms with Crippen LogP contribution in [0.3, 0.4) is 0 Å². The number of hydrogen-bond donors (Lipinski definition) is 0. The Morgan fingerprint density at radius 1 is 1.00 bits per heavy atom. The van der Waals surface area contributed by atoms with Crippen LogP contribution in [-0.4, -0.2) is 0 Å². The Balaban J connectivity index is -0.000000306. The zero-order valence-corrected chi connectivity index (χ0v) is 15.6. The summed E-state index contributed by atoms with van der Waals surface area (Å²) in [4.78, 5) is 0. The van der Waals surface area contributed by atoms with E-state index < -0.39 is 0 Å². The van der Waals surface area contributed by atoms with Crippen molar-refractivity contribution in [3.63, 3.8) is 0 Å². The maximum Gasteiger partial charge on any atom is -0.0276 e. The van der Waals surface area contributed by atoms with Crippen LogP contribution in [0.25, 0.3) is 0 Å². The molecular formula is C20H38. The lowest BCUT2D eigenvalue weighted by Crippen LogP contribution is -1.89. The normalized spacial score (nSPS) is 8.05. The summed E-state index contributed by atoms with van der Waals surface area (Å²) in [6, 6.07) is 6.74. The zero-order chi connectivity index (χ0) is 16.6. The van der Waals surface area contributed by atoms with Gasteiger partial charge in [-0.05, 0) is 51.7 Å². The largest absolute Gasteiger partial charge is 0.100 e. The van der Waals surface area contributed by atoms with Crippen molar-refractivity contribution in [1.82, 2.24) is 0 Å². The SMILES string of the molecule is C=C(C)C.CC.CC.CCCCc1ccc(C)cc1C. The van der Waals surface area contributed by atoms with Crippen molar-refractivity contribution in [2.45, 2.75) is 81.6 Å². The van der Waals surface area contributed by atoms with Gasteiger partial charge in [0.15, 0.2) is 0 Å². The minimum Gasteiger partial charge on any atom is -0.100 e. The van der Waals surface area contributed by atoms with Gasteiger partial charge < -0.3 is 0 Å². The number of rotatable bonds is 3. The number of benzene rings is 1. The van der Waals surface area contributed by atoms with E-state index >= 15 is 0 Å². The maximum atomic E-state index is 3.56. The van der Waals surface area contributed by atoms with Gasteiger partial charge in [0.25, 0.3) is 0 Å². The summed E-state index contributed by atoms with van der Waals surface area (Å²) in [6.45, 7) is 22.1. The second kappa shape index (κ2) is 18.0. The third kappa shape index (κ3) is 17.0. The second-order valence-corrected chi connectivity index (χ2v) is 4.74. The molecule has 0 N–H and O–H groups in total. The monoisotopic (exact) mass is 278 g/mol. The van der Waals surface area contributed by atoms with E-state index in [9.17, 15) is 0 Å². The van der Waals surface area contributed by atoms with Crippen molar-refractivity contribution in [2.24, 2.45) is 0 Å². The quantitative estimate of drug-likeness (QED) is 0.509. The van der Waals surface area contributed by atoms with Crippen LogP contribution < -0.4 is 0 Å². The summed E-state index contributed by atoms with van der Waals surface area (Å²) in [5, 5.41) is 0. The molecule has 0 atom stereocenters. The van der Waals surface area contributed by atoms with E-state index in [0.717, 1.165) is 0 Å². The number of unbranched alkanes of at least 4 members (excludes halogenated alkanes) is 1. The molecule has 0 aromatic heterocycles. The average Bonchev–Trinajstić information content (AvgIpc) is 2.42. The van der Waals surface area contributed by atoms with Gasteiger partial charge >= 0.3 is 0 Å². The number of allylic oxidation sites excluding steroid dienone is 1. The molecule has 0 aliphatic carbocycles. The van der Waals surface area contributed by atoms with Crippen LogP contribution >= 0.6 is 0 Å². The van der Waals surface area contributed by atoms with Crippen LogP contribution in [0.4, 0.5) is 0 Å². The molecule has 0 fully saturated rings. The van der Waals surface area contributed by atoms with Crippen molar-refractivity contribution in [3.8, 4) is 0 Å². The molecular weight excluding hydrogens is 240 g/mol. The van der Waals surface area contributed by atoms with Crippen LogP contribution in [0.2, 0.25) is 0 Å². The summed E-state index contributed by atoms with van der Waals surface area (Å²) in [5.41, 5.74) is 5.50. The first-order valence-electron chi connectivity index (χ1n) is 8.15. The minimum atomic E-state index is 1.17. The smallest absolute Gasteiger partial charge is 0.0276 e. The molecule has 20 heavy (non-hydrogen) atoms. The maximum absolute atomic E-state index is 3.56. The summed E-state index contributed by atoms with van der Waals surface area (Å²) < 4.78 is 0. The Hall–Kier alpha value is -1.04. The van der Waals surface area contributed by atoms with Gasteiger partial charge in [-0.25, -0.2) is 0 Å². The van der Waals surface area contributed by atoms with Gasteiger partial charge in [-0.15, -0.1) is 6.58 Å². The molecule has 0 aliphatic rings. The summed E-state index contributed by atoms with van der Waals surface area (Å²) in [5.74, 6) is 0. The first-order chi connectivity index (χ1) is 9.47. The molecule has 0 unspecified atom stereocenters. The molecule has 0 nitrogen and oxygen atoms in total. The molecule has 0 spiro atoms. The third-order valence-electron chi connectivity index (χ3n) is 2.30. The molecule has 0 aliphatic heterocycles. The topological polar surface area (TPSA) is 0 Å². The highest BCUT2D eigenvalue weighted by atomic mass is 14.0. The number of aryl methyl sites for hydroxylation is 3. The molecule has 0 heteroatoms. The van der Waals surface area contributed by atoms with Gasteiger partial charge in [0, 0.05) is 0 Å². The molecule has 0 heterocycles. The van der Waals surface area contributed by atoms with E-state index in [1.165, 1.54) is 41.5 Å². The predicted molar refractivity (Wildman–Crippen MR) is 97.7 cm³/mol. The molecule has 0 saturated heterocycles. The van der Waals surface area contributed by atoms with Crippen molar-refractivity contribution < 1.29 is 0 Å². The fourth-order valence-corrected chi connectivity index (χ4v) is 1.49. The molecule has 1 rings (SSSR count). The van der Waals surface area contributed by atoms with Crippen molar-refractivity contribution in [1.29, 1.82) is 0 Å². The average molecular weight is 279 g/mol. The molecule has 1 aromatic rings. The molecule has 0 amide bonds. The van der Waals surface area contributed by atoms with E-state index in [4.69, 9.17) is 0 Å². The molecule has 118 valence electrons. The highest BCUT2D eigenvalue weighted by Gasteiger charge is 1.96. The Morgan fingerprint density at radius 2 is 1.45 bits per heavy atom. The van der Waals surface area contributed by atoms with E-state index in [2.05, 4.69) is 45.5 Å². The summed E-state index contributed by atoms with van der Waals surface area (Å²) >= 11 is 0. The molecule has 0 radical (unpaired) electrons. The Kier molecular flexibility index (Phi) is 21.6. The third-order valence-corrected chi connectivity index (χ3v) is 2.30. The van der Waals surface area contributed by atoms with Gasteiger partial charge in [-0.1, -0.05) is 70.4 Å². The van der Waals surface area contributed by atoms with E-state index in [1.54, 1.807) is 0 Å². The van der Waals surface area contributed by atoms with Crippen molar-refractivity contribution in [2.75, 3.05) is 0 Å². The van der Waals surface area contributed by atoms with Gasteiger partial charge in [0.1, 0.15) is 0 Å². The number of hydrogen-bond acceptors (Lipinski definition) is 0. The minimum absolute atomic E-state index is 1.17.